The van der Waals surface area contributed by atoms with Gasteiger partial charge in [0.25, 0.3) is 0 Å². The first-order chi connectivity index (χ1) is 13.0. The number of rotatable bonds is 8. The summed E-state index contributed by atoms with van der Waals surface area (Å²) in [6.07, 6.45) is 4.63. The van der Waals surface area contributed by atoms with Crippen LogP contribution in [0.2, 0.25) is 0 Å². The Hall–Kier alpha value is -3.21. The van der Waals surface area contributed by atoms with E-state index in [1.807, 2.05) is 30.3 Å². The summed E-state index contributed by atoms with van der Waals surface area (Å²) >= 11 is 0. The van der Waals surface area contributed by atoms with Crippen LogP contribution in [0.25, 0.3) is 6.08 Å². The molecule has 27 heavy (non-hydrogen) atoms. The van der Waals surface area contributed by atoms with Gasteiger partial charge in [-0.05, 0) is 24.6 Å². The molecule has 0 radical (unpaired) electrons. The molecule has 4 nitrogen and oxygen atoms in total. The molecule has 2 aromatic rings. The van der Waals surface area contributed by atoms with Crippen molar-refractivity contribution in [2.75, 3.05) is 6.54 Å². The summed E-state index contributed by atoms with van der Waals surface area (Å²) in [5.41, 5.74) is 1.30. The lowest BCUT2D eigenvalue weighted by Crippen LogP contribution is -2.46. The number of nitrogens with one attached hydrogen (secondary N) is 1. The molecule has 2 amide bonds. The van der Waals surface area contributed by atoms with Crippen LogP contribution < -0.4 is 5.32 Å². The van der Waals surface area contributed by atoms with Gasteiger partial charge in [-0.3, -0.25) is 9.59 Å². The molecule has 2 rings (SSSR count). The monoisotopic (exact) mass is 366 g/mol. The zero-order valence-corrected chi connectivity index (χ0v) is 15.3. The second-order valence-electron chi connectivity index (χ2n) is 6.07. The number of carbonyl (C=O) groups excluding carboxylic acids is 2. The fourth-order valence-electron chi connectivity index (χ4n) is 2.55. The van der Waals surface area contributed by atoms with Gasteiger partial charge >= 0.3 is 0 Å². The van der Waals surface area contributed by atoms with E-state index in [0.29, 0.717) is 5.56 Å². The molecule has 0 spiro atoms. The van der Waals surface area contributed by atoms with Crippen LogP contribution in [0, 0.1) is 5.82 Å². The number of hydrogen-bond donors (Lipinski definition) is 1. The van der Waals surface area contributed by atoms with Gasteiger partial charge in [-0.1, -0.05) is 54.6 Å². The van der Waals surface area contributed by atoms with Gasteiger partial charge in [-0.25, -0.2) is 4.39 Å². The topological polar surface area (TPSA) is 49.4 Å². The standard InChI is InChI=1S/C22H23FN2O2/c1-3-15-25(16-19-11-7-8-12-20(19)23)22(27)17(2)24-21(26)14-13-18-9-5-4-6-10-18/h3-14,17H,1,15-16H2,2H3,(H,24,26). The highest BCUT2D eigenvalue weighted by molar-refractivity contribution is 5.95. The maximum absolute atomic E-state index is 13.9. The minimum Gasteiger partial charge on any atom is -0.341 e. The number of benzene rings is 2. The smallest absolute Gasteiger partial charge is 0.245 e. The largest absolute Gasteiger partial charge is 0.341 e. The normalized spacial score (nSPS) is 11.8. The first kappa shape index (κ1) is 20.1. The fraction of sp³-hybridized carbons (Fsp3) is 0.182. The minimum atomic E-state index is -0.746. The maximum Gasteiger partial charge on any atom is 0.245 e. The lowest BCUT2D eigenvalue weighted by atomic mass is 10.1. The third-order valence-corrected chi connectivity index (χ3v) is 3.94. The van der Waals surface area contributed by atoms with E-state index in [1.165, 1.54) is 17.0 Å². The molecule has 0 aliphatic carbocycles. The second-order valence-corrected chi connectivity index (χ2v) is 6.07. The highest BCUT2D eigenvalue weighted by Crippen LogP contribution is 2.11. The number of halogens is 1. The molecule has 1 N–H and O–H groups in total. The summed E-state index contributed by atoms with van der Waals surface area (Å²) in [6.45, 7) is 5.62. The summed E-state index contributed by atoms with van der Waals surface area (Å²) in [7, 11) is 0. The van der Waals surface area contributed by atoms with Gasteiger partial charge < -0.3 is 10.2 Å². The SMILES string of the molecule is C=CCN(Cc1ccccc1F)C(=O)C(C)NC(=O)C=Cc1ccccc1. The Bertz CT molecular complexity index is 818. The van der Waals surface area contributed by atoms with Crippen LogP contribution in [-0.4, -0.2) is 29.3 Å². The first-order valence-corrected chi connectivity index (χ1v) is 8.68. The quantitative estimate of drug-likeness (QED) is 0.574. The van der Waals surface area contributed by atoms with Crippen molar-refractivity contribution in [2.24, 2.45) is 0 Å². The number of nitrogens with zero attached hydrogens (tertiary/aromatic N) is 1. The van der Waals surface area contributed by atoms with E-state index in [9.17, 15) is 14.0 Å². The van der Waals surface area contributed by atoms with Crippen molar-refractivity contribution in [3.8, 4) is 0 Å². The summed E-state index contributed by atoms with van der Waals surface area (Å²) in [4.78, 5) is 26.2. The Morgan fingerprint density at radius 2 is 1.81 bits per heavy atom. The molecule has 1 unspecified atom stereocenters. The average molecular weight is 366 g/mol. The van der Waals surface area contributed by atoms with E-state index in [-0.39, 0.29) is 30.7 Å². The highest BCUT2D eigenvalue weighted by Gasteiger charge is 2.21. The van der Waals surface area contributed by atoms with Gasteiger partial charge in [-0.2, -0.15) is 0 Å². The number of amides is 2. The molecule has 2 aromatic carbocycles. The van der Waals surface area contributed by atoms with Crippen molar-refractivity contribution in [3.05, 3.63) is 90.3 Å². The third kappa shape index (κ3) is 6.22. The van der Waals surface area contributed by atoms with Crippen LogP contribution >= 0.6 is 0 Å². The zero-order chi connectivity index (χ0) is 19.6. The van der Waals surface area contributed by atoms with Crippen molar-refractivity contribution in [1.82, 2.24) is 10.2 Å². The molecule has 1 atom stereocenters. The summed E-state index contributed by atoms with van der Waals surface area (Å²) in [5, 5.41) is 2.64. The van der Waals surface area contributed by atoms with Crippen molar-refractivity contribution < 1.29 is 14.0 Å². The molecule has 0 saturated carbocycles. The number of hydrogen-bond acceptors (Lipinski definition) is 2. The third-order valence-electron chi connectivity index (χ3n) is 3.94. The Labute approximate surface area is 159 Å². The van der Waals surface area contributed by atoms with Gasteiger partial charge in [0.1, 0.15) is 11.9 Å². The van der Waals surface area contributed by atoms with Crippen LogP contribution in [-0.2, 0) is 16.1 Å². The highest BCUT2D eigenvalue weighted by atomic mass is 19.1. The van der Waals surface area contributed by atoms with Gasteiger partial charge in [0.15, 0.2) is 0 Å². The van der Waals surface area contributed by atoms with Crippen molar-refractivity contribution in [1.29, 1.82) is 0 Å². The minimum absolute atomic E-state index is 0.109. The van der Waals surface area contributed by atoms with Crippen LogP contribution in [0.3, 0.4) is 0 Å². The van der Waals surface area contributed by atoms with Gasteiger partial charge in [0, 0.05) is 24.7 Å². The van der Waals surface area contributed by atoms with Crippen LogP contribution in [0.15, 0.2) is 73.3 Å². The van der Waals surface area contributed by atoms with E-state index < -0.39 is 6.04 Å². The number of carbonyl (C=O) groups is 2. The Morgan fingerprint density at radius 1 is 1.15 bits per heavy atom. The van der Waals surface area contributed by atoms with E-state index in [4.69, 9.17) is 0 Å². The lowest BCUT2D eigenvalue weighted by molar-refractivity contribution is -0.135. The molecule has 0 bridgehead atoms. The van der Waals surface area contributed by atoms with Crippen LogP contribution in [0.5, 0.6) is 0 Å². The van der Waals surface area contributed by atoms with E-state index in [1.54, 1.807) is 37.3 Å². The summed E-state index contributed by atoms with van der Waals surface area (Å²) in [5.74, 6) is -1.05. The van der Waals surface area contributed by atoms with Crippen molar-refractivity contribution in [3.63, 3.8) is 0 Å². The molecule has 0 aromatic heterocycles. The molecule has 0 aliphatic rings. The molecule has 0 aliphatic heterocycles. The molecule has 0 heterocycles. The Morgan fingerprint density at radius 3 is 2.48 bits per heavy atom. The predicted molar refractivity (Wildman–Crippen MR) is 105 cm³/mol. The molecule has 0 fully saturated rings. The first-order valence-electron chi connectivity index (χ1n) is 8.68. The van der Waals surface area contributed by atoms with Crippen molar-refractivity contribution in [2.45, 2.75) is 19.5 Å². The van der Waals surface area contributed by atoms with E-state index in [0.717, 1.165) is 5.56 Å². The van der Waals surface area contributed by atoms with Crippen LogP contribution in [0.1, 0.15) is 18.1 Å². The van der Waals surface area contributed by atoms with E-state index >= 15 is 0 Å². The van der Waals surface area contributed by atoms with Gasteiger partial charge in [0.2, 0.25) is 11.8 Å². The molecular weight excluding hydrogens is 343 g/mol. The molecule has 0 saturated heterocycles. The fourth-order valence-corrected chi connectivity index (χ4v) is 2.55. The van der Waals surface area contributed by atoms with Crippen molar-refractivity contribution >= 4 is 17.9 Å². The molecular formula is C22H23FN2O2. The zero-order valence-electron chi connectivity index (χ0n) is 15.3. The van der Waals surface area contributed by atoms with Gasteiger partial charge in [0.05, 0.1) is 0 Å². The molecule has 140 valence electrons. The lowest BCUT2D eigenvalue weighted by Gasteiger charge is -2.25. The Kier molecular flexibility index (Phi) is 7.49. The predicted octanol–water partition coefficient (Wildman–Crippen LogP) is 3.56. The average Bonchev–Trinajstić information content (AvgIpc) is 2.68. The summed E-state index contributed by atoms with van der Waals surface area (Å²) < 4.78 is 13.9. The van der Waals surface area contributed by atoms with Gasteiger partial charge in [-0.15, -0.1) is 6.58 Å². The van der Waals surface area contributed by atoms with E-state index in [2.05, 4.69) is 11.9 Å². The second kappa shape index (κ2) is 10.1. The summed E-state index contributed by atoms with van der Waals surface area (Å²) in [6, 6.07) is 14.9. The van der Waals surface area contributed by atoms with Crippen LogP contribution in [0.4, 0.5) is 4.39 Å². The maximum atomic E-state index is 13.9. The molecule has 5 heteroatoms. The Balaban J connectivity index is 1.99.